The van der Waals surface area contributed by atoms with E-state index in [1.165, 1.54) is 22.2 Å². The Morgan fingerprint density at radius 1 is 1.27 bits per heavy atom. The highest BCUT2D eigenvalue weighted by molar-refractivity contribution is 5.86. The molecule has 2 bridgehead atoms. The Balaban J connectivity index is 1.67. The number of hydrogen-bond donors (Lipinski definition) is 2. The van der Waals surface area contributed by atoms with Crippen molar-refractivity contribution in [2.45, 2.75) is 43.6 Å². The summed E-state index contributed by atoms with van der Waals surface area (Å²) in [6, 6.07) is 9.25. The molecule has 2 aromatic rings. The standard InChI is InChI=1S/C21H28N2O3/c1-12-21(25,11-24)16-9-19-20-14(8-18(22(19)2)15(16)10-26-12)13-6-4-5-7-17(13)23(20)3/h4-7,12,15-16,18-19,24-25H,8-11H2,1-3H3/t12-,15+,16+,18+,19+,21-/m0/s1. The fourth-order valence-electron chi connectivity index (χ4n) is 6.07. The van der Waals surface area contributed by atoms with Crippen LogP contribution in [0.5, 0.6) is 0 Å². The Morgan fingerprint density at radius 2 is 2.04 bits per heavy atom. The molecule has 26 heavy (non-hydrogen) atoms. The van der Waals surface area contributed by atoms with Gasteiger partial charge in [-0.25, -0.2) is 0 Å². The number of hydrogen-bond acceptors (Lipinski definition) is 4. The van der Waals surface area contributed by atoms with Gasteiger partial charge in [0, 0.05) is 41.5 Å². The lowest BCUT2D eigenvalue weighted by Crippen LogP contribution is -2.66. The van der Waals surface area contributed by atoms with Crippen LogP contribution in [0.4, 0.5) is 0 Å². The van der Waals surface area contributed by atoms with Crippen molar-refractivity contribution in [1.29, 1.82) is 0 Å². The molecule has 3 aliphatic rings. The molecule has 0 saturated carbocycles. The lowest BCUT2D eigenvalue weighted by molar-refractivity contribution is -0.238. The second-order valence-electron chi connectivity index (χ2n) is 8.52. The normalized spacial score (nSPS) is 39.7. The minimum absolute atomic E-state index is 0.0635. The molecule has 0 radical (unpaired) electrons. The predicted molar refractivity (Wildman–Crippen MR) is 100.0 cm³/mol. The highest BCUT2D eigenvalue weighted by Gasteiger charge is 2.57. The van der Waals surface area contributed by atoms with E-state index in [0.29, 0.717) is 12.6 Å². The van der Waals surface area contributed by atoms with Crippen LogP contribution in [0.15, 0.2) is 24.3 Å². The molecule has 5 rings (SSSR count). The second-order valence-corrected chi connectivity index (χ2v) is 8.52. The van der Waals surface area contributed by atoms with Crippen LogP contribution >= 0.6 is 0 Å². The zero-order chi connectivity index (χ0) is 18.2. The molecule has 0 unspecified atom stereocenters. The number of nitrogens with zero attached hydrogens (tertiary/aromatic N) is 2. The Bertz CT molecular complexity index is 862. The van der Waals surface area contributed by atoms with Gasteiger partial charge in [0.05, 0.1) is 25.4 Å². The summed E-state index contributed by atoms with van der Waals surface area (Å²) >= 11 is 0. The summed E-state index contributed by atoms with van der Waals surface area (Å²) in [6.07, 6.45) is 1.51. The molecule has 1 aromatic carbocycles. The number of ether oxygens (including phenoxy) is 1. The zero-order valence-corrected chi connectivity index (χ0v) is 15.7. The van der Waals surface area contributed by atoms with E-state index in [9.17, 15) is 10.2 Å². The van der Waals surface area contributed by atoms with Crippen molar-refractivity contribution < 1.29 is 14.9 Å². The van der Waals surface area contributed by atoms with Crippen molar-refractivity contribution in [3.8, 4) is 0 Å². The van der Waals surface area contributed by atoms with Gasteiger partial charge in [-0.3, -0.25) is 4.90 Å². The quantitative estimate of drug-likeness (QED) is 0.819. The number of fused-ring (bicyclic) bond motifs is 8. The second kappa shape index (κ2) is 5.55. The minimum Gasteiger partial charge on any atom is -0.393 e. The monoisotopic (exact) mass is 356 g/mol. The number of rotatable bonds is 1. The van der Waals surface area contributed by atoms with E-state index < -0.39 is 5.60 Å². The summed E-state index contributed by atoms with van der Waals surface area (Å²) in [4.78, 5) is 2.49. The Labute approximate surface area is 154 Å². The molecule has 5 nitrogen and oxygen atoms in total. The maximum atomic E-state index is 11.2. The van der Waals surface area contributed by atoms with Gasteiger partial charge in [0.1, 0.15) is 5.60 Å². The van der Waals surface area contributed by atoms with Gasteiger partial charge in [-0.1, -0.05) is 18.2 Å². The fourth-order valence-corrected chi connectivity index (χ4v) is 6.07. The first-order valence-electron chi connectivity index (χ1n) is 9.70. The Kier molecular flexibility index (Phi) is 3.58. The molecule has 3 aliphatic heterocycles. The van der Waals surface area contributed by atoms with Crippen molar-refractivity contribution in [2.75, 3.05) is 20.3 Å². The van der Waals surface area contributed by atoms with Crippen LogP contribution in [0, 0.1) is 11.8 Å². The van der Waals surface area contributed by atoms with Crippen molar-refractivity contribution in [3.63, 3.8) is 0 Å². The van der Waals surface area contributed by atoms with Crippen LogP contribution in [0.3, 0.4) is 0 Å². The van der Waals surface area contributed by atoms with Gasteiger partial charge in [-0.15, -0.1) is 0 Å². The van der Waals surface area contributed by atoms with E-state index in [0.717, 1.165) is 12.8 Å². The smallest absolute Gasteiger partial charge is 0.117 e. The number of aryl methyl sites for hydroxylation is 1. The van der Waals surface area contributed by atoms with Gasteiger partial charge in [-0.2, -0.15) is 0 Å². The van der Waals surface area contributed by atoms with Gasteiger partial charge in [0.15, 0.2) is 0 Å². The molecule has 6 atom stereocenters. The van der Waals surface area contributed by atoms with E-state index in [2.05, 4.69) is 47.8 Å². The zero-order valence-electron chi connectivity index (χ0n) is 15.7. The summed E-state index contributed by atoms with van der Waals surface area (Å²) in [5.74, 6) is 0.310. The van der Waals surface area contributed by atoms with E-state index in [-0.39, 0.29) is 30.6 Å². The first kappa shape index (κ1) is 16.8. The summed E-state index contributed by atoms with van der Waals surface area (Å²) in [6.45, 7) is 2.32. The Hall–Kier alpha value is -1.40. The number of aliphatic hydroxyl groups is 2. The van der Waals surface area contributed by atoms with E-state index in [1.807, 2.05) is 6.92 Å². The van der Waals surface area contributed by atoms with E-state index in [4.69, 9.17) is 4.74 Å². The molecule has 0 aliphatic carbocycles. The van der Waals surface area contributed by atoms with Crippen molar-refractivity contribution >= 4 is 10.9 Å². The minimum atomic E-state index is -1.15. The van der Waals surface area contributed by atoms with Crippen LogP contribution in [-0.2, 0) is 18.2 Å². The predicted octanol–water partition coefficient (Wildman–Crippen LogP) is 1.85. The lowest BCUT2D eigenvalue weighted by atomic mass is 9.62. The maximum Gasteiger partial charge on any atom is 0.117 e. The third-order valence-corrected chi connectivity index (χ3v) is 7.63. The number of para-hydroxylation sites is 1. The van der Waals surface area contributed by atoms with Gasteiger partial charge in [0.25, 0.3) is 0 Å². The number of aromatic nitrogens is 1. The molecular formula is C21H28N2O3. The van der Waals surface area contributed by atoms with Gasteiger partial charge in [0.2, 0.25) is 0 Å². The third kappa shape index (κ3) is 1.95. The molecule has 0 spiro atoms. The SMILES string of the molecule is C[C@@H]1OC[C@H]2[C@H]3Cc4c(n(C)c5ccccc45)[C@@H](C[C@H]2[C@]1(O)CO)N3C. The van der Waals surface area contributed by atoms with Crippen molar-refractivity contribution in [3.05, 3.63) is 35.5 Å². The summed E-state index contributed by atoms with van der Waals surface area (Å²) < 4.78 is 8.27. The van der Waals surface area contributed by atoms with Crippen molar-refractivity contribution in [1.82, 2.24) is 9.47 Å². The van der Waals surface area contributed by atoms with E-state index >= 15 is 0 Å². The highest BCUT2D eigenvalue weighted by atomic mass is 16.5. The summed E-state index contributed by atoms with van der Waals surface area (Å²) in [7, 11) is 4.37. The van der Waals surface area contributed by atoms with Gasteiger partial charge in [-0.05, 0) is 38.4 Å². The average Bonchev–Trinajstić information content (AvgIpc) is 2.92. The molecule has 4 heterocycles. The van der Waals surface area contributed by atoms with Gasteiger partial charge >= 0.3 is 0 Å². The summed E-state index contributed by atoms with van der Waals surface area (Å²) in [5, 5.41) is 22.6. The number of likely N-dealkylation sites (N-methyl/N-ethyl adjacent to an activating group) is 1. The summed E-state index contributed by atoms with van der Waals surface area (Å²) in [5.41, 5.74) is 2.97. The molecule has 2 fully saturated rings. The molecule has 140 valence electrons. The van der Waals surface area contributed by atoms with E-state index in [1.54, 1.807) is 0 Å². The number of aliphatic hydroxyl groups excluding tert-OH is 1. The maximum absolute atomic E-state index is 11.2. The Morgan fingerprint density at radius 3 is 2.81 bits per heavy atom. The number of benzene rings is 1. The van der Waals surface area contributed by atoms with Crippen LogP contribution in [0.2, 0.25) is 0 Å². The lowest BCUT2D eigenvalue weighted by Gasteiger charge is -2.58. The average molecular weight is 356 g/mol. The first-order chi connectivity index (χ1) is 12.5. The van der Waals surface area contributed by atoms with Gasteiger partial charge < -0.3 is 19.5 Å². The first-order valence-corrected chi connectivity index (χ1v) is 9.70. The van der Waals surface area contributed by atoms with Crippen LogP contribution in [0.1, 0.15) is 30.6 Å². The molecular weight excluding hydrogens is 328 g/mol. The topological polar surface area (TPSA) is 57.9 Å². The molecule has 2 saturated heterocycles. The van der Waals surface area contributed by atoms with Crippen LogP contribution in [-0.4, -0.2) is 57.7 Å². The molecule has 5 heteroatoms. The molecule has 1 aromatic heterocycles. The number of piperidine rings is 1. The molecule has 2 N–H and O–H groups in total. The van der Waals surface area contributed by atoms with Crippen LogP contribution < -0.4 is 0 Å². The van der Waals surface area contributed by atoms with Crippen molar-refractivity contribution in [2.24, 2.45) is 18.9 Å². The fraction of sp³-hybridized carbons (Fsp3) is 0.619. The van der Waals surface area contributed by atoms with Crippen LogP contribution in [0.25, 0.3) is 10.9 Å². The largest absolute Gasteiger partial charge is 0.393 e. The highest BCUT2D eigenvalue weighted by Crippen LogP contribution is 2.53. The molecule has 0 amide bonds. The third-order valence-electron chi connectivity index (χ3n) is 7.63.